The number of aromatic nitrogens is 3. The summed E-state index contributed by atoms with van der Waals surface area (Å²) in [5, 5.41) is 21.4. The molecule has 1 saturated carbocycles. The van der Waals surface area contributed by atoms with Crippen molar-refractivity contribution in [2.24, 2.45) is 0 Å². The van der Waals surface area contributed by atoms with Gasteiger partial charge < -0.3 is 9.52 Å². The second-order valence-electron chi connectivity index (χ2n) is 8.22. The summed E-state index contributed by atoms with van der Waals surface area (Å²) in [6.45, 7) is 0. The summed E-state index contributed by atoms with van der Waals surface area (Å²) >= 11 is 2.87. The molecule has 33 heavy (non-hydrogen) atoms. The zero-order valence-electron chi connectivity index (χ0n) is 17.4. The molecular formula is C24H19N3O4S2. The van der Waals surface area contributed by atoms with Crippen LogP contribution in [0, 0.1) is 0 Å². The summed E-state index contributed by atoms with van der Waals surface area (Å²) in [6.07, 6.45) is 2.12. The third-order valence-electron chi connectivity index (χ3n) is 6.07. The number of nitrogens with zero attached hydrogens (tertiary/aromatic N) is 3. The first kappa shape index (κ1) is 20.6. The Hall–Kier alpha value is -3.04. The number of benzene rings is 2. The topological polar surface area (TPSA) is 98.2 Å². The van der Waals surface area contributed by atoms with Gasteiger partial charge in [0.1, 0.15) is 6.04 Å². The molecule has 0 radical (unpaired) electrons. The molecular weight excluding hydrogens is 458 g/mol. The number of aliphatic carboxylic acids is 1. The molecule has 1 unspecified atom stereocenters. The molecule has 9 heteroatoms. The highest BCUT2D eigenvalue weighted by Gasteiger charge is 2.37. The molecule has 1 atom stereocenters. The maximum Gasteiger partial charge on any atom is 0.327 e. The van der Waals surface area contributed by atoms with Crippen molar-refractivity contribution in [1.29, 1.82) is 0 Å². The minimum absolute atomic E-state index is 0.260. The van der Waals surface area contributed by atoms with E-state index in [1.54, 1.807) is 6.07 Å². The fourth-order valence-electron chi connectivity index (χ4n) is 4.38. The molecule has 166 valence electrons. The minimum atomic E-state index is -0.959. The third kappa shape index (κ3) is 3.65. The molecule has 1 aliphatic heterocycles. The van der Waals surface area contributed by atoms with Gasteiger partial charge in [-0.1, -0.05) is 48.2 Å². The Bertz CT molecular complexity index is 1450. The fourth-order valence-corrected chi connectivity index (χ4v) is 6.55. The molecule has 0 amide bonds. The molecule has 3 heterocycles. The maximum atomic E-state index is 12.8. The molecule has 6 rings (SSSR count). The van der Waals surface area contributed by atoms with E-state index in [9.17, 15) is 14.7 Å². The van der Waals surface area contributed by atoms with Crippen LogP contribution in [0.25, 0.3) is 22.2 Å². The van der Waals surface area contributed by atoms with Gasteiger partial charge in [-0.15, -0.1) is 22.0 Å². The Labute approximate surface area is 197 Å². The molecule has 4 aromatic rings. The van der Waals surface area contributed by atoms with Crippen molar-refractivity contribution >= 4 is 40.3 Å². The van der Waals surface area contributed by atoms with E-state index in [0.717, 1.165) is 45.3 Å². The lowest BCUT2D eigenvalue weighted by Gasteiger charge is -2.15. The third-order valence-corrected chi connectivity index (χ3v) is 8.11. The summed E-state index contributed by atoms with van der Waals surface area (Å²) in [4.78, 5) is 24.4. The number of carboxylic acids is 1. The first-order valence-corrected chi connectivity index (χ1v) is 12.7. The smallest absolute Gasteiger partial charge is 0.327 e. The lowest BCUT2D eigenvalue weighted by atomic mass is 10.0. The zero-order chi connectivity index (χ0) is 22.5. The highest BCUT2D eigenvalue weighted by molar-refractivity contribution is 7.99. The number of pyridine rings is 1. The van der Waals surface area contributed by atoms with Crippen LogP contribution in [0.3, 0.4) is 0 Å². The summed E-state index contributed by atoms with van der Waals surface area (Å²) in [5.74, 6) is 0.796. The minimum Gasteiger partial charge on any atom is -0.480 e. The lowest BCUT2D eigenvalue weighted by Crippen LogP contribution is -2.29. The van der Waals surface area contributed by atoms with Crippen LogP contribution in [0.5, 0.6) is 0 Å². The van der Waals surface area contributed by atoms with E-state index in [0.29, 0.717) is 28.5 Å². The molecule has 0 bridgehead atoms. The molecule has 1 aliphatic carbocycles. The highest BCUT2D eigenvalue weighted by atomic mass is 32.2. The Morgan fingerprint density at radius 2 is 2.00 bits per heavy atom. The van der Waals surface area contributed by atoms with Crippen molar-refractivity contribution in [3.8, 4) is 11.5 Å². The molecule has 2 aromatic carbocycles. The predicted octanol–water partition coefficient (Wildman–Crippen LogP) is 4.95. The second-order valence-corrected chi connectivity index (χ2v) is 10.2. The molecule has 0 spiro atoms. The SMILES string of the molecule is O=C(O)C1CSc2c(C3CC3)c(CSc3nnc(-c4cccc5ccccc45)o3)cc(=O)n21. The number of rotatable bonds is 6. The molecule has 2 aliphatic rings. The van der Waals surface area contributed by atoms with Gasteiger partial charge in [-0.05, 0) is 46.7 Å². The van der Waals surface area contributed by atoms with Crippen LogP contribution >= 0.6 is 23.5 Å². The molecule has 1 fully saturated rings. The van der Waals surface area contributed by atoms with Crippen LogP contribution in [0.2, 0.25) is 0 Å². The van der Waals surface area contributed by atoms with Crippen molar-refractivity contribution in [2.45, 2.75) is 40.8 Å². The standard InChI is InChI=1S/C24H19N3O4S2/c28-19-10-15(20(14-8-9-14)22-27(19)18(12-32-22)23(29)30)11-33-24-26-25-21(31-24)17-7-3-5-13-4-1-2-6-16(13)17/h1-7,10,14,18H,8-9,11-12H2,(H,29,30). The Balaban J connectivity index is 1.30. The van der Waals surface area contributed by atoms with E-state index in [1.165, 1.54) is 28.1 Å². The number of hydrogen-bond acceptors (Lipinski definition) is 7. The van der Waals surface area contributed by atoms with Crippen molar-refractivity contribution in [1.82, 2.24) is 14.8 Å². The predicted molar refractivity (Wildman–Crippen MR) is 127 cm³/mol. The number of fused-ring (bicyclic) bond motifs is 2. The van der Waals surface area contributed by atoms with Crippen molar-refractivity contribution in [3.63, 3.8) is 0 Å². The van der Waals surface area contributed by atoms with Gasteiger partial charge in [0.25, 0.3) is 10.8 Å². The molecule has 7 nitrogen and oxygen atoms in total. The Kier molecular flexibility index (Phi) is 5.03. The largest absolute Gasteiger partial charge is 0.480 e. The van der Waals surface area contributed by atoms with Crippen molar-refractivity contribution < 1.29 is 14.3 Å². The van der Waals surface area contributed by atoms with Gasteiger partial charge >= 0.3 is 5.97 Å². The summed E-state index contributed by atoms with van der Waals surface area (Å²) in [5.41, 5.74) is 2.68. The van der Waals surface area contributed by atoms with Crippen LogP contribution < -0.4 is 5.56 Å². The normalized spacial score (nSPS) is 17.4. The molecule has 2 aromatic heterocycles. The number of carboxylic acid groups (broad SMARTS) is 1. The number of thioether (sulfide) groups is 2. The van der Waals surface area contributed by atoms with Gasteiger partial charge in [-0.3, -0.25) is 9.36 Å². The first-order valence-electron chi connectivity index (χ1n) is 10.7. The van der Waals surface area contributed by atoms with Gasteiger partial charge in [0.05, 0.1) is 5.03 Å². The van der Waals surface area contributed by atoms with Crippen LogP contribution in [-0.4, -0.2) is 31.6 Å². The van der Waals surface area contributed by atoms with E-state index in [4.69, 9.17) is 4.42 Å². The van der Waals surface area contributed by atoms with Crippen LogP contribution in [0.4, 0.5) is 0 Å². The monoisotopic (exact) mass is 477 g/mol. The second kappa shape index (κ2) is 8.07. The van der Waals surface area contributed by atoms with E-state index >= 15 is 0 Å². The fraction of sp³-hybridized carbons (Fsp3) is 0.250. The van der Waals surface area contributed by atoms with Gasteiger partial charge in [0.2, 0.25) is 5.89 Å². The van der Waals surface area contributed by atoms with E-state index in [1.807, 2.05) is 42.5 Å². The Morgan fingerprint density at radius 3 is 2.82 bits per heavy atom. The quantitative estimate of drug-likeness (QED) is 0.390. The number of carbonyl (C=O) groups is 1. The van der Waals surface area contributed by atoms with E-state index < -0.39 is 12.0 Å². The number of hydrogen-bond donors (Lipinski definition) is 1. The zero-order valence-corrected chi connectivity index (χ0v) is 19.1. The average Bonchev–Trinajstić information content (AvgIpc) is 3.36. The van der Waals surface area contributed by atoms with Gasteiger partial charge in [-0.2, -0.15) is 0 Å². The molecule has 0 saturated heterocycles. The van der Waals surface area contributed by atoms with Crippen LogP contribution in [-0.2, 0) is 10.5 Å². The maximum absolute atomic E-state index is 12.8. The van der Waals surface area contributed by atoms with Crippen LogP contribution in [0.15, 0.2) is 68.0 Å². The average molecular weight is 478 g/mol. The van der Waals surface area contributed by atoms with E-state index in [-0.39, 0.29) is 5.56 Å². The van der Waals surface area contributed by atoms with Crippen LogP contribution in [0.1, 0.15) is 35.9 Å². The van der Waals surface area contributed by atoms with Gasteiger partial charge in [-0.25, -0.2) is 4.79 Å². The highest BCUT2D eigenvalue weighted by Crippen LogP contribution is 2.49. The van der Waals surface area contributed by atoms with Crippen molar-refractivity contribution in [3.05, 3.63) is 70.0 Å². The van der Waals surface area contributed by atoms with Crippen molar-refractivity contribution in [2.75, 3.05) is 5.75 Å². The van der Waals surface area contributed by atoms with E-state index in [2.05, 4.69) is 10.2 Å². The Morgan fingerprint density at radius 1 is 1.18 bits per heavy atom. The summed E-state index contributed by atoms with van der Waals surface area (Å²) < 4.78 is 7.42. The molecule has 1 N–H and O–H groups in total. The first-order chi connectivity index (χ1) is 16.1. The lowest BCUT2D eigenvalue weighted by molar-refractivity contribution is -0.140. The van der Waals surface area contributed by atoms with Gasteiger partial charge in [0, 0.05) is 23.1 Å². The summed E-state index contributed by atoms with van der Waals surface area (Å²) in [6, 6.07) is 14.8. The summed E-state index contributed by atoms with van der Waals surface area (Å²) in [7, 11) is 0. The van der Waals surface area contributed by atoms with Gasteiger partial charge in [0.15, 0.2) is 0 Å².